The minimum absolute atomic E-state index is 0.781. The minimum Gasteiger partial charge on any atom is -0.351 e. The number of aryl methyl sites for hydroxylation is 2. The summed E-state index contributed by atoms with van der Waals surface area (Å²) in [5, 5.41) is 8.69. The van der Waals surface area contributed by atoms with E-state index in [1.165, 1.54) is 11.1 Å². The molecule has 1 aromatic carbocycles. The zero-order valence-electron chi connectivity index (χ0n) is 15.9. The van der Waals surface area contributed by atoms with Crippen molar-refractivity contribution in [3.63, 3.8) is 0 Å². The highest BCUT2D eigenvalue weighted by molar-refractivity contribution is 5.89. The van der Waals surface area contributed by atoms with Gasteiger partial charge in [0.25, 0.3) is 0 Å². The van der Waals surface area contributed by atoms with E-state index in [2.05, 4.69) is 61.5 Å². The highest BCUT2D eigenvalue weighted by Gasteiger charge is 2.21. The summed E-state index contributed by atoms with van der Waals surface area (Å²) in [4.78, 5) is 16.0. The topological polar surface area (TPSA) is 71.8 Å². The van der Waals surface area contributed by atoms with Gasteiger partial charge >= 0.3 is 0 Å². The van der Waals surface area contributed by atoms with Crippen molar-refractivity contribution in [3.05, 3.63) is 65.9 Å². The number of fused-ring (bicyclic) bond motifs is 2. The van der Waals surface area contributed by atoms with Gasteiger partial charge in [-0.3, -0.25) is 9.67 Å². The first-order valence-corrected chi connectivity index (χ1v) is 9.36. The van der Waals surface area contributed by atoms with Gasteiger partial charge in [-0.2, -0.15) is 5.10 Å². The Kier molecular flexibility index (Phi) is 3.93. The van der Waals surface area contributed by atoms with E-state index in [1.54, 1.807) is 17.2 Å². The van der Waals surface area contributed by atoms with Crippen LogP contribution in [0.15, 0.2) is 49.1 Å². The van der Waals surface area contributed by atoms with Gasteiger partial charge in [0.15, 0.2) is 0 Å². The highest BCUT2D eigenvalue weighted by Crippen LogP contribution is 2.29. The lowest BCUT2D eigenvalue weighted by atomic mass is 10.0. The molecule has 4 heterocycles. The molecule has 0 atom stereocenters. The van der Waals surface area contributed by atoms with Crippen LogP contribution in [0.3, 0.4) is 0 Å². The van der Waals surface area contributed by atoms with Crippen LogP contribution in [0.25, 0.3) is 10.9 Å². The van der Waals surface area contributed by atoms with Crippen LogP contribution < -0.4 is 10.2 Å². The largest absolute Gasteiger partial charge is 0.351 e. The number of nitrogens with one attached hydrogen (secondary N) is 1. The van der Waals surface area contributed by atoms with Crippen LogP contribution in [-0.2, 0) is 20.0 Å². The fourth-order valence-electron chi connectivity index (χ4n) is 3.73. The lowest BCUT2D eigenvalue weighted by Crippen LogP contribution is -2.31. The number of pyridine rings is 1. The third-order valence-corrected chi connectivity index (χ3v) is 5.20. The van der Waals surface area contributed by atoms with Crippen molar-refractivity contribution >= 4 is 28.2 Å². The second-order valence-electron chi connectivity index (χ2n) is 7.18. The zero-order valence-corrected chi connectivity index (χ0v) is 15.9. The predicted molar refractivity (Wildman–Crippen MR) is 110 cm³/mol. The van der Waals surface area contributed by atoms with Crippen LogP contribution in [0.2, 0.25) is 0 Å². The smallest absolute Gasteiger partial charge is 0.140 e. The minimum atomic E-state index is 0.781. The van der Waals surface area contributed by atoms with Gasteiger partial charge in [-0.25, -0.2) is 9.97 Å². The number of aromatic nitrogens is 5. The van der Waals surface area contributed by atoms with Crippen molar-refractivity contribution in [3.8, 4) is 0 Å². The van der Waals surface area contributed by atoms with Crippen LogP contribution in [0.4, 0.5) is 17.3 Å². The Bertz CT molecular complexity index is 1160. The summed E-state index contributed by atoms with van der Waals surface area (Å²) in [5.41, 5.74) is 5.53. The molecule has 28 heavy (non-hydrogen) atoms. The monoisotopic (exact) mass is 371 g/mol. The summed E-state index contributed by atoms with van der Waals surface area (Å²) in [6.45, 7) is 3.78. The highest BCUT2D eigenvalue weighted by atomic mass is 15.3. The van der Waals surface area contributed by atoms with Gasteiger partial charge in [0, 0.05) is 43.7 Å². The normalized spacial score (nSPS) is 13.6. The van der Waals surface area contributed by atoms with Crippen molar-refractivity contribution in [2.45, 2.75) is 19.9 Å². The van der Waals surface area contributed by atoms with Crippen molar-refractivity contribution < 1.29 is 0 Å². The molecule has 1 N–H and O–H groups in total. The summed E-state index contributed by atoms with van der Waals surface area (Å²) in [6, 6.07) is 10.4. The molecule has 0 aliphatic carbocycles. The molecule has 1 aliphatic rings. The lowest BCUT2D eigenvalue weighted by Gasteiger charge is -2.30. The van der Waals surface area contributed by atoms with Crippen LogP contribution >= 0.6 is 0 Å². The molecule has 3 aromatic heterocycles. The van der Waals surface area contributed by atoms with Gasteiger partial charge in [0.05, 0.1) is 23.6 Å². The standard InChI is InChI=1S/C21H21N7/c1-14-3-4-19-17(9-14)21(24-13-23-19)28-8-6-18-15(12-28)10-16(11-22-18)26-20-5-7-25-27(20)2/h3-5,7,9-11,13,26H,6,8,12H2,1-2H3. The maximum atomic E-state index is 4.68. The van der Waals surface area contributed by atoms with E-state index < -0.39 is 0 Å². The SMILES string of the molecule is Cc1ccc2ncnc(N3CCc4ncc(Nc5ccnn5C)cc4C3)c2c1. The Hall–Kier alpha value is -3.48. The number of anilines is 3. The van der Waals surface area contributed by atoms with Crippen molar-refractivity contribution in [1.82, 2.24) is 24.7 Å². The summed E-state index contributed by atoms with van der Waals surface area (Å²) < 4.78 is 1.81. The number of benzene rings is 1. The Morgan fingerprint density at radius 3 is 2.86 bits per heavy atom. The first-order chi connectivity index (χ1) is 13.7. The molecule has 0 amide bonds. The van der Waals surface area contributed by atoms with Gasteiger partial charge in [-0.05, 0) is 30.7 Å². The summed E-state index contributed by atoms with van der Waals surface area (Å²) in [6.07, 6.45) is 6.23. The summed E-state index contributed by atoms with van der Waals surface area (Å²) >= 11 is 0. The first kappa shape index (κ1) is 16.7. The van der Waals surface area contributed by atoms with Gasteiger partial charge in [-0.1, -0.05) is 11.6 Å². The Morgan fingerprint density at radius 2 is 2.00 bits per heavy atom. The molecule has 4 aromatic rings. The van der Waals surface area contributed by atoms with Crippen molar-refractivity contribution in [2.75, 3.05) is 16.8 Å². The molecule has 5 rings (SSSR count). The molecule has 0 spiro atoms. The van der Waals surface area contributed by atoms with E-state index in [-0.39, 0.29) is 0 Å². The zero-order chi connectivity index (χ0) is 19.1. The average Bonchev–Trinajstić information content (AvgIpc) is 3.11. The van der Waals surface area contributed by atoms with Gasteiger partial charge in [-0.15, -0.1) is 0 Å². The molecular weight excluding hydrogens is 350 g/mol. The first-order valence-electron chi connectivity index (χ1n) is 9.36. The van der Waals surface area contributed by atoms with Crippen molar-refractivity contribution in [2.24, 2.45) is 7.05 Å². The van der Waals surface area contributed by atoms with Gasteiger partial charge < -0.3 is 10.2 Å². The molecule has 0 bridgehead atoms. The van der Waals surface area contributed by atoms with Crippen LogP contribution in [-0.4, -0.2) is 31.3 Å². The van der Waals surface area contributed by atoms with E-state index in [0.29, 0.717) is 0 Å². The molecule has 0 saturated heterocycles. The van der Waals surface area contributed by atoms with E-state index in [9.17, 15) is 0 Å². The maximum Gasteiger partial charge on any atom is 0.140 e. The average molecular weight is 371 g/mol. The second kappa shape index (κ2) is 6.60. The quantitative estimate of drug-likeness (QED) is 0.595. The Balaban J connectivity index is 1.47. The predicted octanol–water partition coefficient (Wildman–Crippen LogP) is 3.37. The van der Waals surface area contributed by atoms with E-state index in [1.807, 2.05) is 19.3 Å². The Morgan fingerprint density at radius 1 is 1.07 bits per heavy atom. The van der Waals surface area contributed by atoms with Gasteiger partial charge in [0.2, 0.25) is 0 Å². The summed E-state index contributed by atoms with van der Waals surface area (Å²) in [5.74, 6) is 1.93. The molecule has 0 unspecified atom stereocenters. The molecule has 0 saturated carbocycles. The third kappa shape index (κ3) is 2.94. The van der Waals surface area contributed by atoms with Crippen molar-refractivity contribution in [1.29, 1.82) is 0 Å². The van der Waals surface area contributed by atoms with E-state index >= 15 is 0 Å². The molecule has 1 aliphatic heterocycles. The fourth-order valence-corrected chi connectivity index (χ4v) is 3.73. The third-order valence-electron chi connectivity index (χ3n) is 5.20. The van der Waals surface area contributed by atoms with E-state index in [4.69, 9.17) is 0 Å². The van der Waals surface area contributed by atoms with E-state index in [0.717, 1.165) is 53.4 Å². The summed E-state index contributed by atoms with van der Waals surface area (Å²) in [7, 11) is 1.91. The van der Waals surface area contributed by atoms with Gasteiger partial charge in [0.1, 0.15) is 18.0 Å². The molecule has 0 fully saturated rings. The number of hydrogen-bond donors (Lipinski definition) is 1. The maximum absolute atomic E-state index is 4.68. The molecule has 0 radical (unpaired) electrons. The molecule has 7 nitrogen and oxygen atoms in total. The Labute approximate surface area is 163 Å². The second-order valence-corrected chi connectivity index (χ2v) is 7.18. The fraction of sp³-hybridized carbons (Fsp3) is 0.238. The van der Waals surface area contributed by atoms with Crippen LogP contribution in [0, 0.1) is 6.92 Å². The lowest BCUT2D eigenvalue weighted by molar-refractivity contribution is 0.705. The molecular formula is C21H21N7. The molecule has 140 valence electrons. The number of hydrogen-bond acceptors (Lipinski definition) is 6. The van der Waals surface area contributed by atoms with Crippen LogP contribution in [0.5, 0.6) is 0 Å². The number of rotatable bonds is 3. The van der Waals surface area contributed by atoms with Crippen LogP contribution in [0.1, 0.15) is 16.8 Å². The molecule has 7 heteroatoms. The number of nitrogens with zero attached hydrogens (tertiary/aromatic N) is 6.